The molecule has 0 aromatic heterocycles. The summed E-state index contributed by atoms with van der Waals surface area (Å²) in [6.07, 6.45) is 0. The van der Waals surface area contributed by atoms with E-state index in [1.807, 2.05) is 22.6 Å². The summed E-state index contributed by atoms with van der Waals surface area (Å²) in [6, 6.07) is 0. The number of hydrogen-bond acceptors (Lipinski definition) is 2. The molecule has 1 N–H and O–H groups in total. The normalized spacial score (nSPS) is 11.3. The van der Waals surface area contributed by atoms with Crippen molar-refractivity contribution in [2.75, 3.05) is 4.61 Å². The van der Waals surface area contributed by atoms with E-state index in [1.54, 1.807) is 0 Å². The quantitative estimate of drug-likeness (QED) is 0.430. The van der Waals surface area contributed by atoms with Gasteiger partial charge in [0.05, 0.1) is 0 Å². The van der Waals surface area contributed by atoms with Gasteiger partial charge in [0.15, 0.2) is 4.61 Å². The van der Waals surface area contributed by atoms with Crippen molar-refractivity contribution in [3.63, 3.8) is 0 Å². The zero-order valence-electron chi connectivity index (χ0n) is 2.80. The Kier molecular flexibility index (Phi) is 4.41. The van der Waals surface area contributed by atoms with Crippen molar-refractivity contribution < 1.29 is 14.0 Å². The molecule has 0 amide bonds. The number of alkyl halides is 1. The predicted octanol–water partition coefficient (Wildman–Crippen LogP) is 1.05. The molecule has 3 nitrogen and oxygen atoms in total. The Bertz CT molecular complexity index is 54.8. The molecule has 36 valence electrons. The summed E-state index contributed by atoms with van der Waals surface area (Å²) < 4.78 is 13.9. The second-order valence-corrected chi connectivity index (χ2v) is 1.83. The van der Waals surface area contributed by atoms with E-state index in [2.05, 4.69) is 4.52 Å². The zero-order chi connectivity index (χ0) is 4.99. The molecule has 0 aromatic carbocycles. The third kappa shape index (κ3) is 4.75. The van der Waals surface area contributed by atoms with Gasteiger partial charge in [0.2, 0.25) is 0 Å². The van der Waals surface area contributed by atoms with Crippen LogP contribution in [0.1, 0.15) is 0 Å². The highest BCUT2D eigenvalue weighted by Crippen LogP contribution is 2.14. The fraction of sp³-hybridized carbons (Fsp3) is 1.00. The number of rotatable bonds is 2. The van der Waals surface area contributed by atoms with E-state index in [9.17, 15) is 4.57 Å². The van der Waals surface area contributed by atoms with Crippen LogP contribution in [-0.2, 0) is 9.09 Å². The number of halogens is 1. The van der Waals surface area contributed by atoms with Crippen LogP contribution in [-0.4, -0.2) is 9.51 Å². The highest BCUT2D eigenvalue weighted by Gasteiger charge is 2.07. The van der Waals surface area contributed by atoms with Gasteiger partial charge in [0.25, 0.3) is 0 Å². The smallest absolute Gasteiger partial charge is 0.133 e. The Balaban J connectivity index is 2.83. The van der Waals surface area contributed by atoms with Crippen molar-refractivity contribution in [3.05, 3.63) is 0 Å². The molecule has 5 heteroatoms. The lowest BCUT2D eigenvalue weighted by Gasteiger charge is -1.66. The van der Waals surface area contributed by atoms with Gasteiger partial charge < -0.3 is 0 Å². The van der Waals surface area contributed by atoms with Gasteiger partial charge in [-0.2, -0.15) is 0 Å². The van der Waals surface area contributed by atoms with Crippen LogP contribution < -0.4 is 0 Å². The average molecular weight is 221 g/mol. The molecule has 0 heterocycles. The Labute approximate surface area is 49.8 Å². The fourth-order valence-electron chi connectivity index (χ4n) is 0.0417. The predicted molar refractivity (Wildman–Crippen MR) is 29.8 cm³/mol. The Morgan fingerprint density at radius 1 is 2.00 bits per heavy atom. The monoisotopic (exact) mass is 221 g/mol. The third-order valence-corrected chi connectivity index (χ3v) is 1.31. The topological polar surface area (TPSA) is 46.5 Å². The van der Waals surface area contributed by atoms with Crippen LogP contribution in [0.5, 0.6) is 0 Å². The van der Waals surface area contributed by atoms with Crippen LogP contribution in [0.25, 0.3) is 0 Å². The third-order valence-electron chi connectivity index (χ3n) is 0.159. The molecule has 0 saturated heterocycles. The molecule has 1 unspecified atom stereocenters. The van der Waals surface area contributed by atoms with Gasteiger partial charge in [-0.25, -0.2) is 0 Å². The van der Waals surface area contributed by atoms with Crippen LogP contribution in [0, 0.1) is 0 Å². The van der Waals surface area contributed by atoms with Crippen molar-refractivity contribution in [1.82, 2.24) is 0 Å². The molecule has 0 radical (unpaired) electrons. The van der Waals surface area contributed by atoms with Gasteiger partial charge in [-0.05, 0) is 22.6 Å². The fourth-order valence-corrected chi connectivity index (χ4v) is 0.840. The van der Waals surface area contributed by atoms with Crippen LogP contribution in [0.3, 0.4) is 0 Å². The van der Waals surface area contributed by atoms with E-state index in [0.29, 0.717) is 0 Å². The Morgan fingerprint density at radius 2 is 2.50 bits per heavy atom. The van der Waals surface area contributed by atoms with E-state index in [4.69, 9.17) is 4.89 Å². The lowest BCUT2D eigenvalue weighted by molar-refractivity contribution is 0.338. The van der Waals surface area contributed by atoms with Crippen molar-refractivity contribution in [3.8, 4) is 0 Å². The summed E-state index contributed by atoms with van der Waals surface area (Å²) in [5, 5.41) is 0. The summed E-state index contributed by atoms with van der Waals surface area (Å²) in [6.45, 7) is 0. The first-order chi connectivity index (χ1) is 2.77. The average Bonchev–Trinajstić information content (AvgIpc) is 1.35. The molecular formula is CH3IO3P+. The first-order valence-corrected chi connectivity index (χ1v) is 3.78. The summed E-state index contributed by atoms with van der Waals surface area (Å²) in [5.74, 6) is 0. The first-order valence-electron chi connectivity index (χ1n) is 1.12. The Hall–Kier alpha value is 0.750. The summed E-state index contributed by atoms with van der Waals surface area (Å²) in [5.41, 5.74) is 0. The van der Waals surface area contributed by atoms with Gasteiger partial charge >= 0.3 is 8.25 Å². The lowest BCUT2D eigenvalue weighted by Crippen LogP contribution is -1.67. The maximum atomic E-state index is 9.52. The van der Waals surface area contributed by atoms with Gasteiger partial charge in [-0.3, -0.25) is 0 Å². The second kappa shape index (κ2) is 3.92. The minimum atomic E-state index is -2.36. The van der Waals surface area contributed by atoms with Crippen molar-refractivity contribution in [2.24, 2.45) is 0 Å². The van der Waals surface area contributed by atoms with Crippen molar-refractivity contribution in [1.29, 1.82) is 0 Å². The van der Waals surface area contributed by atoms with Crippen LogP contribution in [0.15, 0.2) is 0 Å². The molecule has 6 heavy (non-hydrogen) atoms. The minimum Gasteiger partial charge on any atom is -0.133 e. The van der Waals surface area contributed by atoms with E-state index in [-0.39, 0.29) is 4.61 Å². The standard InChI is InChI=1S/CH2IO3P/c2-1-5-6(3)4/h1H2/p+1. The number of hydrogen-bond donors (Lipinski definition) is 1. The summed E-state index contributed by atoms with van der Waals surface area (Å²) >= 11 is 1.84. The molecule has 1 atom stereocenters. The lowest BCUT2D eigenvalue weighted by atomic mass is 11.8. The summed E-state index contributed by atoms with van der Waals surface area (Å²) in [4.78, 5) is 7.83. The highest BCUT2D eigenvalue weighted by atomic mass is 127. The molecule has 0 aliphatic carbocycles. The molecular weight excluding hydrogens is 218 g/mol. The van der Waals surface area contributed by atoms with Gasteiger partial charge in [0, 0.05) is 4.57 Å². The molecule has 0 aliphatic rings. The van der Waals surface area contributed by atoms with Gasteiger partial charge in [-0.15, -0.1) is 9.42 Å². The van der Waals surface area contributed by atoms with Crippen LogP contribution in [0.2, 0.25) is 0 Å². The summed E-state index contributed by atoms with van der Waals surface area (Å²) in [7, 11) is -2.36. The van der Waals surface area contributed by atoms with E-state index < -0.39 is 8.25 Å². The Morgan fingerprint density at radius 3 is 2.50 bits per heavy atom. The molecule has 0 aromatic rings. The first kappa shape index (κ1) is 6.75. The van der Waals surface area contributed by atoms with E-state index in [0.717, 1.165) is 0 Å². The molecule has 0 rings (SSSR count). The molecule has 0 spiro atoms. The zero-order valence-corrected chi connectivity index (χ0v) is 5.85. The second-order valence-electron chi connectivity index (χ2n) is 0.476. The van der Waals surface area contributed by atoms with Crippen LogP contribution >= 0.6 is 30.8 Å². The van der Waals surface area contributed by atoms with Crippen LogP contribution in [0.4, 0.5) is 0 Å². The molecule has 0 bridgehead atoms. The minimum absolute atomic E-state index is 0.267. The van der Waals surface area contributed by atoms with E-state index >= 15 is 0 Å². The molecule has 0 fully saturated rings. The largest absolute Gasteiger partial charge is 0.695 e. The van der Waals surface area contributed by atoms with E-state index in [1.165, 1.54) is 0 Å². The van der Waals surface area contributed by atoms with Crippen molar-refractivity contribution >= 4 is 30.8 Å². The highest BCUT2D eigenvalue weighted by molar-refractivity contribution is 14.1. The molecule has 0 aliphatic heterocycles. The maximum Gasteiger partial charge on any atom is 0.695 e. The molecule has 0 saturated carbocycles. The SMILES string of the molecule is O=[P+](O)OCI. The maximum absolute atomic E-state index is 9.52. The van der Waals surface area contributed by atoms with Crippen molar-refractivity contribution in [2.45, 2.75) is 0 Å². The van der Waals surface area contributed by atoms with Gasteiger partial charge in [-0.1, -0.05) is 0 Å². The van der Waals surface area contributed by atoms with Gasteiger partial charge in [0.1, 0.15) is 0 Å².